The second-order valence-electron chi connectivity index (χ2n) is 5.44. The van der Waals surface area contributed by atoms with Crippen LogP contribution in [0.5, 0.6) is 0 Å². The van der Waals surface area contributed by atoms with Crippen molar-refractivity contribution in [3.05, 3.63) is 70.1 Å². The van der Waals surface area contributed by atoms with Gasteiger partial charge < -0.3 is 10.3 Å². The number of aromatic nitrogens is 2. The van der Waals surface area contributed by atoms with Crippen LogP contribution in [-0.4, -0.2) is 9.55 Å². The number of anilines is 1. The van der Waals surface area contributed by atoms with E-state index in [-0.39, 0.29) is 0 Å². The summed E-state index contributed by atoms with van der Waals surface area (Å²) in [5.41, 5.74) is 9.61. The first-order chi connectivity index (χ1) is 11.1. The summed E-state index contributed by atoms with van der Waals surface area (Å²) in [5, 5.41) is 1.40. The minimum atomic E-state index is 0.700. The SMILES string of the molecule is Cn1c(-c2ccc(N)cc2)cnc1CCc1c(Cl)cccc1Cl. The van der Waals surface area contributed by atoms with Crippen molar-refractivity contribution in [2.75, 3.05) is 5.73 Å². The van der Waals surface area contributed by atoms with E-state index in [2.05, 4.69) is 9.55 Å². The number of nitrogen functional groups attached to an aromatic ring is 1. The molecule has 0 aliphatic carbocycles. The van der Waals surface area contributed by atoms with Crippen LogP contribution in [0.25, 0.3) is 11.3 Å². The van der Waals surface area contributed by atoms with E-state index in [1.54, 1.807) is 0 Å². The third-order valence-corrected chi connectivity index (χ3v) is 4.66. The number of nitrogens with zero attached hydrogens (tertiary/aromatic N) is 2. The Morgan fingerprint density at radius 1 is 1.00 bits per heavy atom. The number of nitrogens with two attached hydrogens (primary N) is 1. The Morgan fingerprint density at radius 2 is 1.65 bits per heavy atom. The van der Waals surface area contributed by atoms with Crippen LogP contribution in [0.3, 0.4) is 0 Å². The van der Waals surface area contributed by atoms with Gasteiger partial charge in [-0.1, -0.05) is 41.4 Å². The second-order valence-corrected chi connectivity index (χ2v) is 6.26. The highest BCUT2D eigenvalue weighted by molar-refractivity contribution is 6.35. The maximum atomic E-state index is 6.23. The lowest BCUT2D eigenvalue weighted by atomic mass is 10.1. The van der Waals surface area contributed by atoms with Crippen molar-refractivity contribution in [3.63, 3.8) is 0 Å². The van der Waals surface area contributed by atoms with Crippen molar-refractivity contribution >= 4 is 28.9 Å². The lowest BCUT2D eigenvalue weighted by Gasteiger charge is -2.09. The zero-order valence-electron chi connectivity index (χ0n) is 12.8. The quantitative estimate of drug-likeness (QED) is 0.692. The highest BCUT2D eigenvalue weighted by Gasteiger charge is 2.11. The maximum absolute atomic E-state index is 6.23. The van der Waals surface area contributed by atoms with Crippen molar-refractivity contribution in [2.45, 2.75) is 12.8 Å². The predicted octanol–water partition coefficient (Wildman–Crippen LogP) is 4.76. The van der Waals surface area contributed by atoms with E-state index in [9.17, 15) is 0 Å². The number of rotatable bonds is 4. The molecule has 0 fully saturated rings. The van der Waals surface area contributed by atoms with Crippen molar-refractivity contribution in [1.82, 2.24) is 9.55 Å². The standard InChI is InChI=1S/C18H17Cl2N3/c1-23-17(12-5-7-13(21)8-6-12)11-22-18(23)10-9-14-15(19)3-2-4-16(14)20/h2-8,11H,9-10,21H2,1H3. The number of imidazole rings is 1. The van der Waals surface area contributed by atoms with Crippen LogP contribution in [-0.2, 0) is 19.9 Å². The summed E-state index contributed by atoms with van der Waals surface area (Å²) in [6, 6.07) is 13.4. The van der Waals surface area contributed by atoms with Crippen molar-refractivity contribution in [2.24, 2.45) is 7.05 Å². The normalized spacial score (nSPS) is 10.9. The lowest BCUT2D eigenvalue weighted by molar-refractivity contribution is 0.775. The molecule has 0 amide bonds. The molecule has 118 valence electrons. The Labute approximate surface area is 145 Å². The molecule has 0 bridgehead atoms. The number of hydrogen-bond donors (Lipinski definition) is 1. The molecule has 2 aromatic carbocycles. The van der Waals surface area contributed by atoms with Gasteiger partial charge in [0.2, 0.25) is 0 Å². The molecule has 0 radical (unpaired) electrons. The van der Waals surface area contributed by atoms with Gasteiger partial charge in [-0.15, -0.1) is 0 Å². The van der Waals surface area contributed by atoms with E-state index in [1.165, 1.54) is 0 Å². The Morgan fingerprint density at radius 3 is 2.30 bits per heavy atom. The molecule has 3 aromatic rings. The highest BCUT2D eigenvalue weighted by atomic mass is 35.5. The van der Waals surface area contributed by atoms with Gasteiger partial charge in [0.15, 0.2) is 0 Å². The average Bonchev–Trinajstić information content (AvgIpc) is 2.89. The van der Waals surface area contributed by atoms with E-state index in [0.717, 1.165) is 41.2 Å². The van der Waals surface area contributed by atoms with Crippen LogP contribution in [0.15, 0.2) is 48.7 Å². The van der Waals surface area contributed by atoms with Crippen LogP contribution in [0.4, 0.5) is 5.69 Å². The molecule has 3 nitrogen and oxygen atoms in total. The van der Waals surface area contributed by atoms with Crippen molar-refractivity contribution in [3.8, 4) is 11.3 Å². The fourth-order valence-electron chi connectivity index (χ4n) is 2.61. The molecular formula is C18H17Cl2N3. The molecule has 1 aromatic heterocycles. The molecule has 23 heavy (non-hydrogen) atoms. The van der Waals surface area contributed by atoms with Gasteiger partial charge in [0.05, 0.1) is 11.9 Å². The molecule has 0 aliphatic rings. The summed E-state index contributed by atoms with van der Waals surface area (Å²) >= 11 is 12.5. The Bertz CT molecular complexity index is 803. The number of halogens is 2. The predicted molar refractivity (Wildman–Crippen MR) is 96.9 cm³/mol. The molecule has 0 saturated carbocycles. The first-order valence-electron chi connectivity index (χ1n) is 7.35. The molecular weight excluding hydrogens is 329 g/mol. The fourth-order valence-corrected chi connectivity index (χ4v) is 3.20. The average molecular weight is 346 g/mol. The van der Waals surface area contributed by atoms with Crippen LogP contribution in [0.2, 0.25) is 10.0 Å². The van der Waals surface area contributed by atoms with Gasteiger partial charge >= 0.3 is 0 Å². The van der Waals surface area contributed by atoms with Crippen molar-refractivity contribution < 1.29 is 0 Å². The third-order valence-electron chi connectivity index (χ3n) is 3.95. The minimum Gasteiger partial charge on any atom is -0.399 e. The number of hydrogen-bond acceptors (Lipinski definition) is 2. The molecule has 3 rings (SSSR count). The van der Waals surface area contributed by atoms with E-state index < -0.39 is 0 Å². The first-order valence-corrected chi connectivity index (χ1v) is 8.11. The zero-order valence-corrected chi connectivity index (χ0v) is 14.3. The van der Waals surface area contributed by atoms with Gasteiger partial charge in [0.25, 0.3) is 0 Å². The Balaban J connectivity index is 1.81. The fraction of sp³-hybridized carbons (Fsp3) is 0.167. The maximum Gasteiger partial charge on any atom is 0.109 e. The highest BCUT2D eigenvalue weighted by Crippen LogP contribution is 2.26. The summed E-state index contributed by atoms with van der Waals surface area (Å²) in [6.07, 6.45) is 3.41. The molecule has 0 spiro atoms. The van der Waals surface area contributed by atoms with E-state index >= 15 is 0 Å². The molecule has 2 N–H and O–H groups in total. The topological polar surface area (TPSA) is 43.8 Å². The monoisotopic (exact) mass is 345 g/mol. The molecule has 0 unspecified atom stereocenters. The largest absolute Gasteiger partial charge is 0.399 e. The lowest BCUT2D eigenvalue weighted by Crippen LogP contribution is -2.02. The molecule has 5 heteroatoms. The van der Waals surface area contributed by atoms with Crippen LogP contribution in [0, 0.1) is 0 Å². The summed E-state index contributed by atoms with van der Waals surface area (Å²) in [7, 11) is 2.02. The minimum absolute atomic E-state index is 0.700. The van der Waals surface area contributed by atoms with Crippen LogP contribution >= 0.6 is 23.2 Å². The zero-order chi connectivity index (χ0) is 16.4. The van der Waals surface area contributed by atoms with Gasteiger partial charge in [-0.05, 0) is 41.8 Å². The summed E-state index contributed by atoms with van der Waals surface area (Å²) in [5.74, 6) is 0.993. The van der Waals surface area contributed by atoms with E-state index in [4.69, 9.17) is 28.9 Å². The van der Waals surface area contributed by atoms with Crippen LogP contribution < -0.4 is 5.73 Å². The Hall–Kier alpha value is -1.97. The molecule has 1 heterocycles. The molecule has 0 saturated heterocycles. The smallest absolute Gasteiger partial charge is 0.109 e. The van der Waals surface area contributed by atoms with Gasteiger partial charge in [-0.25, -0.2) is 4.98 Å². The van der Waals surface area contributed by atoms with Gasteiger partial charge in [0, 0.05) is 29.2 Å². The van der Waals surface area contributed by atoms with E-state index in [0.29, 0.717) is 10.0 Å². The number of benzene rings is 2. The first kappa shape index (κ1) is 15.9. The summed E-state index contributed by atoms with van der Waals surface area (Å²) < 4.78 is 2.09. The van der Waals surface area contributed by atoms with E-state index in [1.807, 2.05) is 55.7 Å². The van der Waals surface area contributed by atoms with Crippen LogP contribution in [0.1, 0.15) is 11.4 Å². The van der Waals surface area contributed by atoms with Gasteiger partial charge in [-0.3, -0.25) is 0 Å². The second kappa shape index (κ2) is 6.65. The molecule has 0 atom stereocenters. The molecule has 0 aliphatic heterocycles. The Kier molecular flexibility index (Phi) is 4.60. The summed E-state index contributed by atoms with van der Waals surface area (Å²) in [4.78, 5) is 4.53. The summed E-state index contributed by atoms with van der Waals surface area (Å²) in [6.45, 7) is 0. The third kappa shape index (κ3) is 3.36. The van der Waals surface area contributed by atoms with Gasteiger partial charge in [-0.2, -0.15) is 0 Å². The number of aryl methyl sites for hydroxylation is 1. The van der Waals surface area contributed by atoms with Crippen molar-refractivity contribution in [1.29, 1.82) is 0 Å². The van der Waals surface area contributed by atoms with Gasteiger partial charge in [0.1, 0.15) is 5.82 Å².